The van der Waals surface area contributed by atoms with Crippen LogP contribution in [0, 0.1) is 13.8 Å². The van der Waals surface area contributed by atoms with Gasteiger partial charge in [0, 0.05) is 18.1 Å². The van der Waals surface area contributed by atoms with Crippen LogP contribution in [0.4, 0.5) is 0 Å². The van der Waals surface area contributed by atoms with Crippen LogP contribution in [0.25, 0.3) is 11.2 Å². The van der Waals surface area contributed by atoms with Crippen molar-refractivity contribution in [3.8, 4) is 0 Å². The standard InChI is InChI=1S/C16H19N5OS/c1-5-12(16-19-9(2)10(3)23-16)20-15(22)11-6-13-14(17-7-11)21(4)8-18-13/h6-8,12H,5H2,1-4H3,(H,20,22). The maximum Gasteiger partial charge on any atom is 0.253 e. The molecule has 3 aromatic heterocycles. The fourth-order valence-corrected chi connectivity index (χ4v) is 3.42. The molecule has 0 aliphatic carbocycles. The summed E-state index contributed by atoms with van der Waals surface area (Å²) in [6, 6.07) is 1.68. The molecule has 1 N–H and O–H groups in total. The van der Waals surface area contributed by atoms with E-state index in [4.69, 9.17) is 0 Å². The van der Waals surface area contributed by atoms with Crippen LogP contribution in [-0.4, -0.2) is 25.4 Å². The molecule has 1 atom stereocenters. The molecule has 3 heterocycles. The summed E-state index contributed by atoms with van der Waals surface area (Å²) in [6.07, 6.45) is 4.07. The van der Waals surface area contributed by atoms with Crippen molar-refractivity contribution in [2.75, 3.05) is 0 Å². The van der Waals surface area contributed by atoms with Gasteiger partial charge in [0.15, 0.2) is 5.65 Å². The Morgan fingerprint density at radius 3 is 2.83 bits per heavy atom. The fraction of sp³-hybridized carbons (Fsp3) is 0.375. The molecular formula is C16H19N5OS. The van der Waals surface area contributed by atoms with Crippen molar-refractivity contribution in [3.05, 3.63) is 39.7 Å². The average molecular weight is 329 g/mol. The minimum absolute atomic E-state index is 0.0840. The van der Waals surface area contributed by atoms with Crippen LogP contribution < -0.4 is 5.32 Å². The number of hydrogen-bond acceptors (Lipinski definition) is 5. The van der Waals surface area contributed by atoms with Gasteiger partial charge in [-0.2, -0.15) is 0 Å². The molecule has 23 heavy (non-hydrogen) atoms. The highest BCUT2D eigenvalue weighted by molar-refractivity contribution is 7.11. The Morgan fingerprint density at radius 1 is 1.39 bits per heavy atom. The van der Waals surface area contributed by atoms with E-state index in [1.54, 1.807) is 29.9 Å². The van der Waals surface area contributed by atoms with Gasteiger partial charge < -0.3 is 9.88 Å². The first kappa shape index (κ1) is 15.6. The zero-order valence-electron chi connectivity index (χ0n) is 13.6. The lowest BCUT2D eigenvalue weighted by atomic mass is 10.2. The minimum atomic E-state index is -0.151. The second kappa shape index (κ2) is 6.08. The van der Waals surface area contributed by atoms with Crippen molar-refractivity contribution in [3.63, 3.8) is 0 Å². The molecule has 0 fully saturated rings. The summed E-state index contributed by atoms with van der Waals surface area (Å²) in [5.74, 6) is -0.151. The molecule has 0 bridgehead atoms. The summed E-state index contributed by atoms with van der Waals surface area (Å²) < 4.78 is 1.83. The highest BCUT2D eigenvalue weighted by Crippen LogP contribution is 2.25. The normalized spacial score (nSPS) is 12.5. The van der Waals surface area contributed by atoms with E-state index < -0.39 is 0 Å². The molecule has 0 aliphatic rings. The summed E-state index contributed by atoms with van der Waals surface area (Å²) >= 11 is 1.63. The molecule has 120 valence electrons. The first-order chi connectivity index (χ1) is 11.0. The number of hydrogen-bond donors (Lipinski definition) is 1. The number of carbonyl (C=O) groups excluding carboxylic acids is 1. The molecule has 3 aromatic rings. The van der Waals surface area contributed by atoms with E-state index in [9.17, 15) is 4.79 Å². The first-order valence-corrected chi connectivity index (χ1v) is 8.33. The van der Waals surface area contributed by atoms with Gasteiger partial charge in [-0.1, -0.05) is 6.92 Å². The van der Waals surface area contributed by atoms with Crippen LogP contribution in [0.5, 0.6) is 0 Å². The molecule has 1 amide bonds. The van der Waals surface area contributed by atoms with Crippen molar-refractivity contribution in [1.82, 2.24) is 24.8 Å². The number of nitrogens with one attached hydrogen (secondary N) is 1. The van der Waals surface area contributed by atoms with E-state index in [1.165, 1.54) is 4.88 Å². The lowest BCUT2D eigenvalue weighted by molar-refractivity contribution is 0.0935. The lowest BCUT2D eigenvalue weighted by Gasteiger charge is -2.14. The number of aromatic nitrogens is 4. The molecule has 0 aliphatic heterocycles. The van der Waals surface area contributed by atoms with Crippen LogP contribution in [-0.2, 0) is 7.05 Å². The Balaban J connectivity index is 1.83. The highest BCUT2D eigenvalue weighted by atomic mass is 32.1. The van der Waals surface area contributed by atoms with E-state index in [2.05, 4.69) is 20.3 Å². The lowest BCUT2D eigenvalue weighted by Crippen LogP contribution is -2.28. The number of rotatable bonds is 4. The minimum Gasteiger partial charge on any atom is -0.343 e. The van der Waals surface area contributed by atoms with E-state index in [-0.39, 0.29) is 11.9 Å². The third kappa shape index (κ3) is 2.96. The van der Waals surface area contributed by atoms with Crippen LogP contribution in [0.2, 0.25) is 0 Å². The van der Waals surface area contributed by atoms with Crippen molar-refractivity contribution in [2.45, 2.75) is 33.2 Å². The fourth-order valence-electron chi connectivity index (χ4n) is 2.37. The van der Waals surface area contributed by atoms with Crippen LogP contribution in [0.15, 0.2) is 18.6 Å². The SMILES string of the molecule is CCC(NC(=O)c1cnc2c(c1)ncn2C)c1nc(C)c(C)s1. The third-order valence-electron chi connectivity index (χ3n) is 3.87. The number of pyridine rings is 1. The van der Waals surface area contributed by atoms with Gasteiger partial charge in [0.2, 0.25) is 0 Å². The van der Waals surface area contributed by atoms with E-state index in [0.29, 0.717) is 11.1 Å². The molecule has 7 heteroatoms. The summed E-state index contributed by atoms with van der Waals surface area (Å²) in [4.78, 5) is 26.8. The second-order valence-corrected chi connectivity index (χ2v) is 6.78. The van der Waals surface area contributed by atoms with Gasteiger partial charge in [0.1, 0.15) is 10.5 Å². The zero-order valence-corrected chi connectivity index (χ0v) is 14.4. The molecule has 6 nitrogen and oxygen atoms in total. The molecule has 0 radical (unpaired) electrons. The Hall–Kier alpha value is -2.28. The number of carbonyl (C=O) groups is 1. The monoisotopic (exact) mass is 329 g/mol. The second-order valence-electron chi connectivity index (χ2n) is 5.55. The predicted molar refractivity (Wildman–Crippen MR) is 90.6 cm³/mol. The van der Waals surface area contributed by atoms with Crippen LogP contribution >= 0.6 is 11.3 Å². The predicted octanol–water partition coefficient (Wildman–Crippen LogP) is 2.92. The van der Waals surface area contributed by atoms with Gasteiger partial charge >= 0.3 is 0 Å². The number of thiazole rings is 1. The summed E-state index contributed by atoms with van der Waals surface area (Å²) in [5, 5.41) is 3.99. The largest absolute Gasteiger partial charge is 0.343 e. The number of nitrogens with zero attached hydrogens (tertiary/aromatic N) is 4. The maximum atomic E-state index is 12.5. The smallest absolute Gasteiger partial charge is 0.253 e. The number of amides is 1. The number of aryl methyl sites for hydroxylation is 3. The van der Waals surface area contributed by atoms with E-state index in [1.807, 2.05) is 32.4 Å². The number of fused-ring (bicyclic) bond motifs is 1. The molecule has 3 rings (SSSR count). The Morgan fingerprint density at radius 2 is 2.17 bits per heavy atom. The highest BCUT2D eigenvalue weighted by Gasteiger charge is 2.19. The average Bonchev–Trinajstić information content (AvgIpc) is 3.07. The molecule has 0 saturated heterocycles. The maximum absolute atomic E-state index is 12.5. The molecule has 0 spiro atoms. The van der Waals surface area contributed by atoms with Gasteiger partial charge in [0.05, 0.1) is 23.6 Å². The van der Waals surface area contributed by atoms with Crippen molar-refractivity contribution < 1.29 is 4.79 Å². The molecule has 0 saturated carbocycles. The zero-order chi connectivity index (χ0) is 16.6. The van der Waals surface area contributed by atoms with Gasteiger partial charge in [-0.25, -0.2) is 15.0 Å². The Bertz CT molecular complexity index is 847. The molecule has 1 unspecified atom stereocenters. The summed E-state index contributed by atoms with van der Waals surface area (Å²) in [5.41, 5.74) is 3.02. The van der Waals surface area contributed by atoms with Crippen LogP contribution in [0.1, 0.15) is 45.3 Å². The first-order valence-electron chi connectivity index (χ1n) is 7.51. The van der Waals surface area contributed by atoms with Crippen molar-refractivity contribution in [1.29, 1.82) is 0 Å². The van der Waals surface area contributed by atoms with Crippen molar-refractivity contribution in [2.24, 2.45) is 7.05 Å². The van der Waals surface area contributed by atoms with Gasteiger partial charge in [-0.05, 0) is 26.3 Å². The van der Waals surface area contributed by atoms with Gasteiger partial charge in [-0.3, -0.25) is 4.79 Å². The summed E-state index contributed by atoms with van der Waals surface area (Å²) in [7, 11) is 1.88. The molecule has 0 aromatic carbocycles. The Kier molecular flexibility index (Phi) is 4.12. The van der Waals surface area contributed by atoms with E-state index >= 15 is 0 Å². The topological polar surface area (TPSA) is 72.7 Å². The van der Waals surface area contributed by atoms with E-state index in [0.717, 1.165) is 22.8 Å². The van der Waals surface area contributed by atoms with Crippen LogP contribution in [0.3, 0.4) is 0 Å². The van der Waals surface area contributed by atoms with Gasteiger partial charge in [0.25, 0.3) is 5.91 Å². The van der Waals surface area contributed by atoms with Crippen molar-refractivity contribution >= 4 is 28.4 Å². The molecular weight excluding hydrogens is 310 g/mol. The third-order valence-corrected chi connectivity index (χ3v) is 5.06. The number of imidazole rings is 1. The summed E-state index contributed by atoms with van der Waals surface area (Å²) in [6.45, 7) is 6.07. The van der Waals surface area contributed by atoms with Gasteiger partial charge in [-0.15, -0.1) is 11.3 Å². The Labute approximate surface area is 138 Å². The quantitative estimate of drug-likeness (QED) is 0.799.